The van der Waals surface area contributed by atoms with Gasteiger partial charge in [-0.25, -0.2) is 0 Å². The number of hydrogen-bond acceptors (Lipinski definition) is 3. The lowest BCUT2D eigenvalue weighted by molar-refractivity contribution is 0.223. The molecule has 102 valence electrons. The van der Waals surface area contributed by atoms with Crippen LogP contribution in [0.3, 0.4) is 0 Å². The van der Waals surface area contributed by atoms with Crippen LogP contribution in [-0.2, 0) is 0 Å². The van der Waals surface area contributed by atoms with Crippen LogP contribution >= 0.6 is 0 Å². The largest absolute Gasteiger partial charge is 0.491 e. The summed E-state index contributed by atoms with van der Waals surface area (Å²) in [6, 6.07) is 8.59. The van der Waals surface area contributed by atoms with Crippen LogP contribution in [0.2, 0.25) is 0 Å². The highest BCUT2D eigenvalue weighted by Crippen LogP contribution is 2.22. The highest BCUT2D eigenvalue weighted by molar-refractivity contribution is 5.29. The van der Waals surface area contributed by atoms with E-state index in [1.54, 1.807) is 0 Å². The third-order valence-electron chi connectivity index (χ3n) is 3.11. The Bertz CT molecular complexity index is 331. The average Bonchev–Trinajstić information content (AvgIpc) is 2.36. The minimum atomic E-state index is 0.212. The first-order valence-corrected chi connectivity index (χ1v) is 6.83. The summed E-state index contributed by atoms with van der Waals surface area (Å²) in [5.74, 6) is 0.920. The second-order valence-corrected chi connectivity index (χ2v) is 4.71. The molecule has 0 amide bonds. The molecule has 0 saturated heterocycles. The zero-order valence-electron chi connectivity index (χ0n) is 12.0. The zero-order valence-corrected chi connectivity index (χ0v) is 12.0. The van der Waals surface area contributed by atoms with Crippen molar-refractivity contribution in [3.05, 3.63) is 29.8 Å². The number of benzene rings is 1. The molecule has 1 rings (SSSR count). The van der Waals surface area contributed by atoms with Crippen molar-refractivity contribution in [1.29, 1.82) is 0 Å². The summed E-state index contributed by atoms with van der Waals surface area (Å²) in [7, 11) is 0. The molecule has 0 aliphatic heterocycles. The minimum absolute atomic E-state index is 0.212. The van der Waals surface area contributed by atoms with Crippen molar-refractivity contribution in [2.75, 3.05) is 19.6 Å². The molecule has 18 heavy (non-hydrogen) atoms. The predicted molar refractivity (Wildman–Crippen MR) is 76.9 cm³/mol. The molecule has 0 saturated carbocycles. The molecule has 0 aliphatic carbocycles. The van der Waals surface area contributed by atoms with Crippen LogP contribution in [0.4, 0.5) is 0 Å². The fraction of sp³-hybridized carbons (Fsp3) is 0.600. The van der Waals surface area contributed by atoms with E-state index in [1.807, 2.05) is 26.0 Å². The Morgan fingerprint density at radius 1 is 1.11 bits per heavy atom. The van der Waals surface area contributed by atoms with Crippen molar-refractivity contribution >= 4 is 0 Å². The second kappa shape index (κ2) is 7.39. The van der Waals surface area contributed by atoms with Gasteiger partial charge < -0.3 is 10.5 Å². The molecule has 1 atom stereocenters. The molecule has 2 N–H and O–H groups in total. The van der Waals surface area contributed by atoms with Crippen molar-refractivity contribution < 1.29 is 4.74 Å². The van der Waals surface area contributed by atoms with Gasteiger partial charge in [-0.1, -0.05) is 26.0 Å². The summed E-state index contributed by atoms with van der Waals surface area (Å²) in [4.78, 5) is 2.37. The molecule has 1 aromatic carbocycles. The molecular formula is C15H26N2O. The maximum atomic E-state index is 5.90. The molecule has 0 aliphatic rings. The van der Waals surface area contributed by atoms with Crippen LogP contribution in [0.25, 0.3) is 0 Å². The van der Waals surface area contributed by atoms with E-state index in [0.717, 1.165) is 18.8 Å². The first kappa shape index (κ1) is 15.0. The van der Waals surface area contributed by atoms with Crippen molar-refractivity contribution in [2.45, 2.75) is 39.8 Å². The molecule has 0 heterocycles. The number of ether oxygens (including phenoxy) is 1. The predicted octanol–water partition coefficient (Wildman–Crippen LogP) is 2.82. The molecule has 0 fully saturated rings. The Balaban J connectivity index is 2.81. The van der Waals surface area contributed by atoms with Gasteiger partial charge in [-0.15, -0.1) is 0 Å². The standard InChI is InChI=1S/C15H26N2O/c1-5-17(6-2)15(11-16)13-7-9-14(10-8-13)18-12(3)4/h7-10,12,15H,5-6,11,16H2,1-4H3. The van der Waals surface area contributed by atoms with Gasteiger partial charge in [0.25, 0.3) is 0 Å². The lowest BCUT2D eigenvalue weighted by Gasteiger charge is -2.29. The summed E-state index contributed by atoms with van der Waals surface area (Å²) in [5, 5.41) is 0. The first-order valence-electron chi connectivity index (χ1n) is 6.83. The maximum absolute atomic E-state index is 5.90. The fourth-order valence-corrected chi connectivity index (χ4v) is 2.20. The highest BCUT2D eigenvalue weighted by atomic mass is 16.5. The van der Waals surface area contributed by atoms with E-state index in [9.17, 15) is 0 Å². The number of nitrogens with zero attached hydrogens (tertiary/aromatic N) is 1. The van der Waals surface area contributed by atoms with E-state index < -0.39 is 0 Å². The topological polar surface area (TPSA) is 38.5 Å². The van der Waals surface area contributed by atoms with Gasteiger partial charge in [0.05, 0.1) is 6.10 Å². The zero-order chi connectivity index (χ0) is 13.5. The molecule has 0 radical (unpaired) electrons. The van der Waals surface area contributed by atoms with Crippen LogP contribution in [0.15, 0.2) is 24.3 Å². The van der Waals surface area contributed by atoms with Gasteiger partial charge >= 0.3 is 0 Å². The van der Waals surface area contributed by atoms with E-state index >= 15 is 0 Å². The monoisotopic (exact) mass is 250 g/mol. The number of likely N-dealkylation sites (N-methyl/N-ethyl adjacent to an activating group) is 1. The third kappa shape index (κ3) is 4.00. The Morgan fingerprint density at radius 2 is 1.67 bits per heavy atom. The molecule has 0 bridgehead atoms. The lowest BCUT2D eigenvalue weighted by Crippen LogP contribution is -2.33. The van der Waals surface area contributed by atoms with Crippen molar-refractivity contribution in [1.82, 2.24) is 4.90 Å². The van der Waals surface area contributed by atoms with Gasteiger partial charge in [0, 0.05) is 12.6 Å². The van der Waals surface area contributed by atoms with E-state index in [0.29, 0.717) is 12.6 Å². The van der Waals surface area contributed by atoms with E-state index in [2.05, 4.69) is 30.9 Å². The third-order valence-corrected chi connectivity index (χ3v) is 3.11. The van der Waals surface area contributed by atoms with Gasteiger partial charge in [-0.05, 0) is 44.6 Å². The van der Waals surface area contributed by atoms with Gasteiger partial charge in [-0.3, -0.25) is 4.90 Å². The SMILES string of the molecule is CCN(CC)C(CN)c1ccc(OC(C)C)cc1. The van der Waals surface area contributed by atoms with Crippen LogP contribution in [0.1, 0.15) is 39.3 Å². The Morgan fingerprint density at radius 3 is 2.06 bits per heavy atom. The second-order valence-electron chi connectivity index (χ2n) is 4.71. The van der Waals surface area contributed by atoms with Crippen LogP contribution in [0, 0.1) is 0 Å². The van der Waals surface area contributed by atoms with Gasteiger partial charge in [0.1, 0.15) is 5.75 Å². The van der Waals surface area contributed by atoms with Crippen molar-refractivity contribution in [2.24, 2.45) is 5.73 Å². The normalized spacial score (nSPS) is 13.1. The van der Waals surface area contributed by atoms with E-state index in [4.69, 9.17) is 10.5 Å². The minimum Gasteiger partial charge on any atom is -0.491 e. The lowest BCUT2D eigenvalue weighted by atomic mass is 10.1. The number of hydrogen-bond donors (Lipinski definition) is 1. The molecule has 1 unspecified atom stereocenters. The smallest absolute Gasteiger partial charge is 0.119 e. The summed E-state index contributed by atoms with van der Waals surface area (Å²) in [6.45, 7) is 11.1. The van der Waals surface area contributed by atoms with Gasteiger partial charge in [-0.2, -0.15) is 0 Å². The first-order chi connectivity index (χ1) is 8.62. The maximum Gasteiger partial charge on any atom is 0.119 e. The Kier molecular flexibility index (Phi) is 6.16. The van der Waals surface area contributed by atoms with Crippen LogP contribution in [0.5, 0.6) is 5.75 Å². The Hall–Kier alpha value is -1.06. The summed E-state index contributed by atoms with van der Waals surface area (Å²) < 4.78 is 5.65. The van der Waals surface area contributed by atoms with E-state index in [-0.39, 0.29) is 6.10 Å². The van der Waals surface area contributed by atoms with Crippen LogP contribution < -0.4 is 10.5 Å². The molecule has 0 aromatic heterocycles. The summed E-state index contributed by atoms with van der Waals surface area (Å²) in [5.41, 5.74) is 7.16. The highest BCUT2D eigenvalue weighted by Gasteiger charge is 2.15. The Labute approximate surface area is 111 Å². The molecule has 0 spiro atoms. The number of rotatable bonds is 7. The molecule has 3 nitrogen and oxygen atoms in total. The fourth-order valence-electron chi connectivity index (χ4n) is 2.20. The summed E-state index contributed by atoms with van der Waals surface area (Å²) >= 11 is 0. The van der Waals surface area contributed by atoms with Crippen LogP contribution in [-0.4, -0.2) is 30.6 Å². The van der Waals surface area contributed by atoms with Crippen molar-refractivity contribution in [3.63, 3.8) is 0 Å². The van der Waals surface area contributed by atoms with Crippen molar-refractivity contribution in [3.8, 4) is 5.75 Å². The summed E-state index contributed by atoms with van der Waals surface area (Å²) in [6.07, 6.45) is 0.212. The average molecular weight is 250 g/mol. The molecule has 3 heteroatoms. The van der Waals surface area contributed by atoms with Gasteiger partial charge in [0.15, 0.2) is 0 Å². The quantitative estimate of drug-likeness (QED) is 0.808. The molecular weight excluding hydrogens is 224 g/mol. The number of nitrogens with two attached hydrogens (primary N) is 1. The van der Waals surface area contributed by atoms with Gasteiger partial charge in [0.2, 0.25) is 0 Å². The van der Waals surface area contributed by atoms with E-state index in [1.165, 1.54) is 5.56 Å². The molecule has 1 aromatic rings.